The highest BCUT2D eigenvalue weighted by Crippen LogP contribution is 2.37. The van der Waals surface area contributed by atoms with Gasteiger partial charge in [-0.15, -0.1) is 0 Å². The summed E-state index contributed by atoms with van der Waals surface area (Å²) in [5, 5.41) is 0. The van der Waals surface area contributed by atoms with Crippen molar-refractivity contribution in [1.29, 1.82) is 0 Å². The average Bonchev–Trinajstić information content (AvgIpc) is 3.34. The van der Waals surface area contributed by atoms with Crippen molar-refractivity contribution in [1.82, 2.24) is 9.80 Å². The third-order valence-corrected chi connectivity index (χ3v) is 7.67. The van der Waals surface area contributed by atoms with Gasteiger partial charge in [-0.25, -0.2) is 0 Å². The number of fused-ring (bicyclic) bond motifs is 2. The molecule has 5 nitrogen and oxygen atoms in total. The van der Waals surface area contributed by atoms with E-state index in [9.17, 15) is 9.59 Å². The highest BCUT2D eigenvalue weighted by Gasteiger charge is 2.42. The molecule has 156 valence electrons. The predicted molar refractivity (Wildman–Crippen MR) is 114 cm³/mol. The molecule has 0 radical (unpaired) electrons. The lowest BCUT2D eigenvalue weighted by Crippen LogP contribution is -2.48. The van der Waals surface area contributed by atoms with Crippen molar-refractivity contribution in [2.75, 3.05) is 37.6 Å². The van der Waals surface area contributed by atoms with Gasteiger partial charge in [-0.2, -0.15) is 0 Å². The largest absolute Gasteiger partial charge is 0.341 e. The van der Waals surface area contributed by atoms with Crippen LogP contribution in [0.4, 0.5) is 5.69 Å². The number of nitrogens with zero attached hydrogens (tertiary/aromatic N) is 3. The van der Waals surface area contributed by atoms with Crippen molar-refractivity contribution in [3.8, 4) is 0 Å². The van der Waals surface area contributed by atoms with Gasteiger partial charge >= 0.3 is 0 Å². The molecule has 3 aliphatic heterocycles. The van der Waals surface area contributed by atoms with Crippen LogP contribution in [-0.2, 0) is 16.0 Å². The Kier molecular flexibility index (Phi) is 5.33. The maximum absolute atomic E-state index is 13.6. The minimum absolute atomic E-state index is 0.128. The number of benzene rings is 1. The molecule has 1 aromatic carbocycles. The fourth-order valence-corrected chi connectivity index (χ4v) is 6.13. The number of anilines is 1. The zero-order chi connectivity index (χ0) is 19.8. The van der Waals surface area contributed by atoms with E-state index in [0.29, 0.717) is 6.04 Å². The molecule has 0 N–H and O–H groups in total. The third kappa shape index (κ3) is 3.58. The van der Waals surface area contributed by atoms with Gasteiger partial charge in [-0.3, -0.25) is 14.5 Å². The summed E-state index contributed by atoms with van der Waals surface area (Å²) in [6, 6.07) is 8.77. The van der Waals surface area contributed by atoms with Gasteiger partial charge in [-0.1, -0.05) is 31.0 Å². The fraction of sp³-hybridized carbons (Fsp3) is 0.667. The molecular weight excluding hydrogens is 362 g/mol. The Bertz CT molecular complexity index is 779. The number of carbonyl (C=O) groups is 2. The van der Waals surface area contributed by atoms with Crippen LogP contribution in [0.25, 0.3) is 0 Å². The van der Waals surface area contributed by atoms with Gasteiger partial charge in [0, 0.05) is 43.8 Å². The second kappa shape index (κ2) is 8.10. The Morgan fingerprint density at radius 1 is 0.793 bits per heavy atom. The summed E-state index contributed by atoms with van der Waals surface area (Å²) < 4.78 is 0. The number of amides is 2. The minimum Gasteiger partial charge on any atom is -0.341 e. The topological polar surface area (TPSA) is 43.9 Å². The molecule has 1 aromatic rings. The van der Waals surface area contributed by atoms with Gasteiger partial charge in [0.2, 0.25) is 11.8 Å². The van der Waals surface area contributed by atoms with Crippen molar-refractivity contribution in [3.63, 3.8) is 0 Å². The Morgan fingerprint density at radius 3 is 2.41 bits per heavy atom. The van der Waals surface area contributed by atoms with E-state index in [-0.39, 0.29) is 23.7 Å². The van der Waals surface area contributed by atoms with E-state index in [4.69, 9.17) is 0 Å². The number of hydrogen-bond acceptors (Lipinski definition) is 3. The Morgan fingerprint density at radius 2 is 1.55 bits per heavy atom. The molecule has 1 aliphatic carbocycles. The molecule has 5 heteroatoms. The normalized spacial score (nSPS) is 30.0. The summed E-state index contributed by atoms with van der Waals surface area (Å²) in [6.07, 6.45) is 8.32. The molecule has 3 heterocycles. The number of carbonyl (C=O) groups excluding carboxylic acids is 2. The van der Waals surface area contributed by atoms with Crippen LogP contribution in [0.1, 0.15) is 50.5 Å². The molecular formula is C24H33N3O2. The lowest BCUT2D eigenvalue weighted by Gasteiger charge is -2.36. The van der Waals surface area contributed by atoms with Crippen molar-refractivity contribution in [3.05, 3.63) is 29.8 Å². The first-order valence-electron chi connectivity index (χ1n) is 11.6. The molecule has 1 saturated carbocycles. The van der Waals surface area contributed by atoms with E-state index < -0.39 is 0 Å². The maximum atomic E-state index is 13.6. The molecule has 2 saturated heterocycles. The highest BCUT2D eigenvalue weighted by molar-refractivity contribution is 5.99. The van der Waals surface area contributed by atoms with Gasteiger partial charge in [0.25, 0.3) is 0 Å². The molecule has 0 spiro atoms. The first-order chi connectivity index (χ1) is 14.2. The highest BCUT2D eigenvalue weighted by atomic mass is 16.2. The minimum atomic E-state index is -0.148. The fourth-order valence-electron chi connectivity index (χ4n) is 6.13. The standard InChI is InChI=1S/C24H33N3O2/c28-23(26-15-6-14-25-13-5-8-19(25)17-26)20-9-2-3-10-21(20)24(29)27-16-12-18-7-1-4-11-22(18)27/h1,4,7,11,19-21H,2-3,5-6,8-10,12-17H2. The van der Waals surface area contributed by atoms with Crippen molar-refractivity contribution in [2.45, 2.75) is 57.4 Å². The van der Waals surface area contributed by atoms with Crippen LogP contribution in [0.15, 0.2) is 24.3 Å². The Labute approximate surface area is 174 Å². The first kappa shape index (κ1) is 19.1. The average molecular weight is 396 g/mol. The monoisotopic (exact) mass is 395 g/mol. The van der Waals surface area contributed by atoms with Gasteiger partial charge in [0.1, 0.15) is 0 Å². The summed E-state index contributed by atoms with van der Waals surface area (Å²) in [4.78, 5) is 33.8. The van der Waals surface area contributed by atoms with Gasteiger partial charge in [0.15, 0.2) is 0 Å². The lowest BCUT2D eigenvalue weighted by molar-refractivity contribution is -0.143. The van der Waals surface area contributed by atoms with E-state index in [1.807, 2.05) is 17.0 Å². The maximum Gasteiger partial charge on any atom is 0.230 e. The molecule has 3 atom stereocenters. The lowest BCUT2D eigenvalue weighted by atomic mass is 9.77. The predicted octanol–water partition coefficient (Wildman–Crippen LogP) is 3.08. The number of rotatable bonds is 2. The second-order valence-electron chi connectivity index (χ2n) is 9.34. The van der Waals surface area contributed by atoms with E-state index >= 15 is 0 Å². The van der Waals surface area contributed by atoms with Gasteiger partial charge < -0.3 is 9.80 Å². The van der Waals surface area contributed by atoms with E-state index in [2.05, 4.69) is 21.9 Å². The summed E-state index contributed by atoms with van der Waals surface area (Å²) in [6.45, 7) is 4.78. The summed E-state index contributed by atoms with van der Waals surface area (Å²) in [7, 11) is 0. The van der Waals surface area contributed by atoms with Gasteiger partial charge in [-0.05, 0) is 56.7 Å². The molecule has 0 bridgehead atoms. The van der Waals surface area contributed by atoms with Crippen LogP contribution in [0.5, 0.6) is 0 Å². The van der Waals surface area contributed by atoms with E-state index in [0.717, 1.165) is 70.4 Å². The van der Waals surface area contributed by atoms with Crippen LogP contribution in [-0.4, -0.2) is 60.4 Å². The van der Waals surface area contributed by atoms with Crippen LogP contribution in [0.3, 0.4) is 0 Å². The van der Waals surface area contributed by atoms with Gasteiger partial charge in [0.05, 0.1) is 5.92 Å². The summed E-state index contributed by atoms with van der Waals surface area (Å²) in [5.41, 5.74) is 2.32. The molecule has 3 fully saturated rings. The molecule has 3 unspecified atom stereocenters. The number of hydrogen-bond donors (Lipinski definition) is 0. The van der Waals surface area contributed by atoms with Crippen LogP contribution in [0.2, 0.25) is 0 Å². The van der Waals surface area contributed by atoms with Crippen molar-refractivity contribution >= 4 is 17.5 Å². The summed E-state index contributed by atoms with van der Waals surface area (Å²) >= 11 is 0. The van der Waals surface area contributed by atoms with Crippen LogP contribution in [0, 0.1) is 11.8 Å². The van der Waals surface area contributed by atoms with Crippen LogP contribution < -0.4 is 4.90 Å². The molecule has 0 aromatic heterocycles. The molecule has 5 rings (SSSR count). The number of para-hydroxylation sites is 1. The first-order valence-corrected chi connectivity index (χ1v) is 11.6. The summed E-state index contributed by atoms with van der Waals surface area (Å²) in [5.74, 6) is 0.164. The van der Waals surface area contributed by atoms with Crippen LogP contribution >= 0.6 is 0 Å². The van der Waals surface area contributed by atoms with Crippen molar-refractivity contribution < 1.29 is 9.59 Å². The van der Waals surface area contributed by atoms with E-state index in [1.165, 1.54) is 24.9 Å². The molecule has 2 amide bonds. The Balaban J connectivity index is 1.33. The smallest absolute Gasteiger partial charge is 0.230 e. The molecule has 4 aliphatic rings. The molecule has 29 heavy (non-hydrogen) atoms. The second-order valence-corrected chi connectivity index (χ2v) is 9.34. The van der Waals surface area contributed by atoms with Crippen molar-refractivity contribution in [2.24, 2.45) is 11.8 Å². The van der Waals surface area contributed by atoms with E-state index in [1.54, 1.807) is 0 Å². The quantitative estimate of drug-likeness (QED) is 0.773. The SMILES string of the molecule is O=C(C1CCCCC1C(=O)N1CCc2ccccc21)N1CCCN2CCCC2C1. The zero-order valence-corrected chi connectivity index (χ0v) is 17.4. The zero-order valence-electron chi connectivity index (χ0n) is 17.4. The third-order valence-electron chi connectivity index (χ3n) is 7.67. The Hall–Kier alpha value is -1.88.